The highest BCUT2D eigenvalue weighted by Gasteiger charge is 2.30. The summed E-state index contributed by atoms with van der Waals surface area (Å²) in [6.07, 6.45) is 1.12. The first kappa shape index (κ1) is 39.3. The number of aromatic nitrogens is 1. The Morgan fingerprint density at radius 2 is 1.51 bits per heavy atom. The van der Waals surface area contributed by atoms with Crippen LogP contribution in [0.1, 0.15) is 38.9 Å². The fraction of sp³-hybridized carbons (Fsp3) is 0.256. The molecule has 0 radical (unpaired) electrons. The molecule has 1 aromatic heterocycles. The number of piperazine rings is 1. The normalized spacial score (nSPS) is 13.6. The summed E-state index contributed by atoms with van der Waals surface area (Å²) in [6.45, 7) is 7.74. The van der Waals surface area contributed by atoms with Gasteiger partial charge in [0.2, 0.25) is 11.8 Å². The van der Waals surface area contributed by atoms with Crippen molar-refractivity contribution in [1.29, 1.82) is 0 Å². The number of alkyl halides is 3. The van der Waals surface area contributed by atoms with Crippen molar-refractivity contribution in [2.45, 2.75) is 39.6 Å². The van der Waals surface area contributed by atoms with Crippen molar-refractivity contribution in [2.24, 2.45) is 0 Å². The van der Waals surface area contributed by atoms with Gasteiger partial charge in [-0.3, -0.25) is 9.69 Å². The zero-order valence-corrected chi connectivity index (χ0v) is 31.2. The molecule has 5 aromatic rings. The van der Waals surface area contributed by atoms with Gasteiger partial charge in [-0.15, -0.1) is 0 Å². The van der Waals surface area contributed by atoms with E-state index in [-0.39, 0.29) is 24.2 Å². The molecule has 1 aliphatic rings. The zero-order chi connectivity index (χ0) is 39.0. The Hall–Kier alpha value is -5.39. The second-order valence-corrected chi connectivity index (χ2v) is 13.7. The number of ether oxygens (including phenoxy) is 3. The molecule has 1 amide bonds. The maximum absolute atomic E-state index is 13.5. The summed E-state index contributed by atoms with van der Waals surface area (Å²) in [5.41, 5.74) is 4.30. The van der Waals surface area contributed by atoms with E-state index in [2.05, 4.69) is 34.1 Å². The molecule has 286 valence electrons. The molecule has 0 atom stereocenters. The van der Waals surface area contributed by atoms with Crippen LogP contribution in [0.2, 0.25) is 5.02 Å². The minimum Gasteiger partial charge on any atom is -0.493 e. The van der Waals surface area contributed by atoms with Gasteiger partial charge < -0.3 is 19.1 Å². The van der Waals surface area contributed by atoms with E-state index >= 15 is 0 Å². The van der Waals surface area contributed by atoms with Crippen LogP contribution in [0.3, 0.4) is 0 Å². The van der Waals surface area contributed by atoms with Gasteiger partial charge in [0.25, 0.3) is 0 Å². The van der Waals surface area contributed by atoms with E-state index in [1.807, 2.05) is 17.9 Å². The maximum Gasteiger partial charge on any atom is 0.416 e. The number of carbonyl (C=O) groups excluding carboxylic acids is 1. The Morgan fingerprint density at radius 1 is 0.818 bits per heavy atom. The monoisotopic (exact) mass is 773 g/mol. The van der Waals surface area contributed by atoms with Crippen molar-refractivity contribution in [3.05, 3.63) is 153 Å². The average Bonchev–Trinajstić information content (AvgIpc) is 3.17. The van der Waals surface area contributed by atoms with Crippen LogP contribution in [0.15, 0.2) is 103 Å². The number of carbonyl (C=O) groups is 1. The van der Waals surface area contributed by atoms with E-state index in [1.54, 1.807) is 49.4 Å². The van der Waals surface area contributed by atoms with Crippen LogP contribution < -0.4 is 14.2 Å². The summed E-state index contributed by atoms with van der Waals surface area (Å²) < 4.78 is 69.3. The maximum atomic E-state index is 13.5. The van der Waals surface area contributed by atoms with Gasteiger partial charge in [-0.1, -0.05) is 48.0 Å². The Kier molecular flexibility index (Phi) is 12.7. The number of hydrogen-bond acceptors (Lipinski definition) is 6. The Balaban J connectivity index is 0.927. The topological polar surface area (TPSA) is 64.1 Å². The molecule has 0 N–H and O–H groups in total. The number of hydrogen-bond donors (Lipinski definition) is 0. The van der Waals surface area contributed by atoms with Gasteiger partial charge in [0.1, 0.15) is 23.9 Å². The minimum atomic E-state index is -4.39. The molecule has 1 aliphatic heterocycles. The van der Waals surface area contributed by atoms with Gasteiger partial charge in [0.05, 0.1) is 23.4 Å². The standard InChI is InChI=1S/C43H40ClF4N3O4/c1-29-24-36(12-14-39(29)45)53-22-17-31-3-5-32(6-4-31)27-50-18-20-51(21-19-50)41(52)16-9-34-23-30(2)42(38(44)25-34)55-40-15-13-37(26-49-40)54-28-33-7-10-35(11-8-33)43(46,47)48/h3-16,23-26H,17-22,27-28H2,1-2H3/b16-9+. The SMILES string of the molecule is Cc1cc(OCCc2ccc(CN3CCN(C(=O)/C=C/c4cc(C)c(Oc5ccc(OCc6ccc(C(F)(F)F)cc6)cn5)c(Cl)c4)CC3)cc2)ccc1F. The van der Waals surface area contributed by atoms with Crippen molar-refractivity contribution in [3.63, 3.8) is 0 Å². The van der Waals surface area contributed by atoms with Gasteiger partial charge in [-0.2, -0.15) is 13.2 Å². The van der Waals surface area contributed by atoms with Crippen LogP contribution in [0.25, 0.3) is 6.08 Å². The molecule has 12 heteroatoms. The predicted octanol–water partition coefficient (Wildman–Crippen LogP) is 9.86. The lowest BCUT2D eigenvalue weighted by atomic mass is 10.1. The fourth-order valence-corrected chi connectivity index (χ4v) is 6.33. The van der Waals surface area contributed by atoms with Crippen molar-refractivity contribution in [2.75, 3.05) is 32.8 Å². The van der Waals surface area contributed by atoms with Crippen molar-refractivity contribution in [1.82, 2.24) is 14.8 Å². The predicted molar refractivity (Wildman–Crippen MR) is 204 cm³/mol. The first-order chi connectivity index (χ1) is 26.4. The Bertz CT molecular complexity index is 2080. The summed E-state index contributed by atoms with van der Waals surface area (Å²) in [7, 11) is 0. The highest BCUT2D eigenvalue weighted by Crippen LogP contribution is 2.34. The number of benzene rings is 4. The molecule has 0 unspecified atom stereocenters. The van der Waals surface area contributed by atoms with Crippen LogP contribution in [-0.4, -0.2) is 53.5 Å². The molecule has 0 spiro atoms. The Morgan fingerprint density at radius 3 is 2.16 bits per heavy atom. The fourth-order valence-electron chi connectivity index (χ4n) is 6.02. The molecule has 6 rings (SSSR count). The van der Waals surface area contributed by atoms with Crippen LogP contribution >= 0.6 is 11.6 Å². The smallest absolute Gasteiger partial charge is 0.416 e. The number of nitrogens with zero attached hydrogens (tertiary/aromatic N) is 3. The van der Waals surface area contributed by atoms with E-state index in [9.17, 15) is 22.4 Å². The second kappa shape index (κ2) is 17.8. The van der Waals surface area contributed by atoms with E-state index in [4.69, 9.17) is 25.8 Å². The van der Waals surface area contributed by atoms with Crippen LogP contribution in [0, 0.1) is 19.7 Å². The average molecular weight is 774 g/mol. The second-order valence-electron chi connectivity index (χ2n) is 13.3. The van der Waals surface area contributed by atoms with E-state index in [0.29, 0.717) is 53.1 Å². The van der Waals surface area contributed by atoms with Crippen LogP contribution in [0.4, 0.5) is 17.6 Å². The van der Waals surface area contributed by atoms with Crippen molar-refractivity contribution < 1.29 is 36.6 Å². The summed E-state index contributed by atoms with van der Waals surface area (Å²) in [5, 5.41) is 0.353. The summed E-state index contributed by atoms with van der Waals surface area (Å²) in [5.74, 6) is 1.48. The molecule has 1 saturated heterocycles. The highest BCUT2D eigenvalue weighted by atomic mass is 35.5. The molecular weight excluding hydrogens is 734 g/mol. The molecule has 4 aromatic carbocycles. The largest absolute Gasteiger partial charge is 0.493 e. The number of pyridine rings is 1. The molecule has 0 saturated carbocycles. The lowest BCUT2D eigenvalue weighted by Crippen LogP contribution is -2.47. The number of rotatable bonds is 13. The third-order valence-corrected chi connectivity index (χ3v) is 9.46. The van der Waals surface area contributed by atoms with Crippen LogP contribution in [-0.2, 0) is 30.5 Å². The molecule has 0 bridgehead atoms. The molecule has 7 nitrogen and oxygen atoms in total. The van der Waals surface area contributed by atoms with Gasteiger partial charge in [0, 0.05) is 51.3 Å². The molecular formula is C43H40ClF4N3O4. The molecule has 55 heavy (non-hydrogen) atoms. The van der Waals surface area contributed by atoms with Crippen molar-refractivity contribution >= 4 is 23.6 Å². The van der Waals surface area contributed by atoms with E-state index < -0.39 is 11.7 Å². The van der Waals surface area contributed by atoms with E-state index in [0.717, 1.165) is 54.9 Å². The van der Waals surface area contributed by atoms with Crippen LogP contribution in [0.5, 0.6) is 23.1 Å². The quantitative estimate of drug-likeness (QED) is 0.0878. The summed E-state index contributed by atoms with van der Waals surface area (Å²) in [6, 6.07) is 24.9. The summed E-state index contributed by atoms with van der Waals surface area (Å²) >= 11 is 6.58. The van der Waals surface area contributed by atoms with Crippen molar-refractivity contribution in [3.8, 4) is 23.1 Å². The number of halogens is 5. The minimum absolute atomic E-state index is 0.0686. The number of amides is 1. The Labute approximate surface area is 322 Å². The molecule has 2 heterocycles. The first-order valence-electron chi connectivity index (χ1n) is 17.8. The highest BCUT2D eigenvalue weighted by molar-refractivity contribution is 6.32. The molecule has 1 fully saturated rings. The van der Waals surface area contributed by atoms with Gasteiger partial charge in [-0.05, 0) is 102 Å². The molecule has 0 aliphatic carbocycles. The van der Waals surface area contributed by atoms with Gasteiger partial charge in [-0.25, -0.2) is 9.37 Å². The zero-order valence-electron chi connectivity index (χ0n) is 30.4. The lowest BCUT2D eigenvalue weighted by molar-refractivity contribution is -0.137. The van der Waals surface area contributed by atoms with Gasteiger partial charge in [0.15, 0.2) is 5.75 Å². The third kappa shape index (κ3) is 11.1. The first-order valence-corrected chi connectivity index (χ1v) is 18.2. The lowest BCUT2D eigenvalue weighted by Gasteiger charge is -2.34. The third-order valence-electron chi connectivity index (χ3n) is 9.17. The van der Waals surface area contributed by atoms with Gasteiger partial charge >= 0.3 is 6.18 Å². The van der Waals surface area contributed by atoms with E-state index in [1.165, 1.54) is 30.0 Å². The summed E-state index contributed by atoms with van der Waals surface area (Å²) in [4.78, 5) is 21.5. The number of aryl methyl sites for hydroxylation is 2.